The molecule has 2 aromatic rings. The van der Waals surface area contributed by atoms with Crippen LogP contribution in [-0.2, 0) is 0 Å². The first-order chi connectivity index (χ1) is 8.15. The molecule has 0 fully saturated rings. The SMILES string of the molecule is CC(N)c1ccc(Sc2ccc(Br)cn2)cn1. The van der Waals surface area contributed by atoms with Gasteiger partial charge in [-0.25, -0.2) is 4.98 Å². The van der Waals surface area contributed by atoms with Gasteiger partial charge in [-0.15, -0.1) is 0 Å². The van der Waals surface area contributed by atoms with Crippen LogP contribution in [0.3, 0.4) is 0 Å². The first-order valence-corrected chi connectivity index (χ1v) is 6.77. The molecule has 0 saturated carbocycles. The Morgan fingerprint density at radius 2 is 2.00 bits per heavy atom. The lowest BCUT2D eigenvalue weighted by molar-refractivity contribution is 0.777. The lowest BCUT2D eigenvalue weighted by Gasteiger charge is -2.05. The van der Waals surface area contributed by atoms with Gasteiger partial charge in [-0.3, -0.25) is 4.98 Å². The van der Waals surface area contributed by atoms with Gasteiger partial charge in [0.1, 0.15) is 5.03 Å². The third kappa shape index (κ3) is 3.52. The van der Waals surface area contributed by atoms with Crippen molar-refractivity contribution in [1.82, 2.24) is 9.97 Å². The van der Waals surface area contributed by atoms with Gasteiger partial charge in [-0.1, -0.05) is 11.8 Å². The van der Waals surface area contributed by atoms with E-state index in [4.69, 9.17) is 5.73 Å². The second kappa shape index (κ2) is 5.62. The lowest BCUT2D eigenvalue weighted by atomic mass is 10.2. The number of hydrogen-bond acceptors (Lipinski definition) is 4. The molecular weight excluding hydrogens is 298 g/mol. The van der Waals surface area contributed by atoms with Gasteiger partial charge >= 0.3 is 0 Å². The predicted octanol–water partition coefficient (Wildman–Crippen LogP) is 3.41. The quantitative estimate of drug-likeness (QED) is 0.944. The summed E-state index contributed by atoms with van der Waals surface area (Å²) in [4.78, 5) is 9.66. The molecule has 2 heterocycles. The van der Waals surface area contributed by atoms with E-state index in [9.17, 15) is 0 Å². The van der Waals surface area contributed by atoms with E-state index >= 15 is 0 Å². The van der Waals surface area contributed by atoms with E-state index < -0.39 is 0 Å². The maximum absolute atomic E-state index is 5.75. The molecule has 1 unspecified atom stereocenters. The first-order valence-electron chi connectivity index (χ1n) is 5.16. The van der Waals surface area contributed by atoms with Gasteiger partial charge in [0.15, 0.2) is 0 Å². The molecule has 0 saturated heterocycles. The van der Waals surface area contributed by atoms with Gasteiger partial charge in [0.05, 0.1) is 5.69 Å². The molecule has 0 radical (unpaired) electrons. The zero-order valence-corrected chi connectivity index (χ0v) is 11.7. The zero-order valence-electron chi connectivity index (χ0n) is 9.30. The maximum Gasteiger partial charge on any atom is 0.101 e. The number of nitrogens with two attached hydrogens (primary N) is 1. The molecule has 0 aromatic carbocycles. The highest BCUT2D eigenvalue weighted by atomic mass is 79.9. The molecule has 2 aromatic heterocycles. The molecule has 3 nitrogen and oxygen atoms in total. The van der Waals surface area contributed by atoms with Gasteiger partial charge in [-0.2, -0.15) is 0 Å². The van der Waals surface area contributed by atoms with Gasteiger partial charge in [-0.05, 0) is 47.1 Å². The molecule has 0 aliphatic carbocycles. The van der Waals surface area contributed by atoms with Crippen molar-refractivity contribution in [3.8, 4) is 0 Å². The maximum atomic E-state index is 5.75. The van der Waals surface area contributed by atoms with E-state index in [1.54, 1.807) is 18.0 Å². The molecule has 5 heteroatoms. The summed E-state index contributed by atoms with van der Waals surface area (Å²) < 4.78 is 0.979. The third-order valence-corrected chi connectivity index (χ3v) is 3.55. The second-order valence-electron chi connectivity index (χ2n) is 3.62. The van der Waals surface area contributed by atoms with Gasteiger partial charge in [0.2, 0.25) is 0 Å². The summed E-state index contributed by atoms with van der Waals surface area (Å²) in [6, 6.07) is 7.87. The fourth-order valence-corrected chi connectivity index (χ4v) is 2.22. The van der Waals surface area contributed by atoms with Crippen LogP contribution in [0.25, 0.3) is 0 Å². The van der Waals surface area contributed by atoms with Crippen molar-refractivity contribution in [3.05, 3.63) is 46.8 Å². The Morgan fingerprint density at radius 3 is 2.53 bits per heavy atom. The minimum Gasteiger partial charge on any atom is -0.323 e. The van der Waals surface area contributed by atoms with E-state index in [1.807, 2.05) is 37.4 Å². The molecule has 17 heavy (non-hydrogen) atoms. The van der Waals surface area contributed by atoms with Crippen molar-refractivity contribution in [2.75, 3.05) is 0 Å². The minimum atomic E-state index is -0.0279. The van der Waals surface area contributed by atoms with Crippen molar-refractivity contribution in [2.24, 2.45) is 5.73 Å². The Hall–Kier alpha value is -0.910. The summed E-state index contributed by atoms with van der Waals surface area (Å²) in [6.07, 6.45) is 3.61. The highest BCUT2D eigenvalue weighted by Gasteiger charge is 2.02. The Labute approximate surface area is 113 Å². The van der Waals surface area contributed by atoms with Crippen LogP contribution in [0, 0.1) is 0 Å². The van der Waals surface area contributed by atoms with Crippen LogP contribution in [0.1, 0.15) is 18.7 Å². The van der Waals surface area contributed by atoms with E-state index in [1.165, 1.54) is 0 Å². The fourth-order valence-electron chi connectivity index (χ4n) is 1.26. The van der Waals surface area contributed by atoms with Crippen LogP contribution in [0.15, 0.2) is 51.1 Å². The lowest BCUT2D eigenvalue weighted by Crippen LogP contribution is -2.06. The van der Waals surface area contributed by atoms with Crippen LogP contribution in [-0.4, -0.2) is 9.97 Å². The highest BCUT2D eigenvalue weighted by molar-refractivity contribution is 9.10. The zero-order chi connectivity index (χ0) is 12.3. The van der Waals surface area contributed by atoms with Crippen molar-refractivity contribution >= 4 is 27.7 Å². The number of aromatic nitrogens is 2. The summed E-state index contributed by atoms with van der Waals surface area (Å²) in [5.74, 6) is 0. The Kier molecular flexibility index (Phi) is 4.15. The molecule has 0 amide bonds. The number of pyridine rings is 2. The molecule has 0 aliphatic heterocycles. The standard InChI is InChI=1S/C12H12BrN3S/c1-8(14)11-4-3-10(7-15-11)17-12-5-2-9(13)6-16-12/h2-8H,14H2,1H3. The van der Waals surface area contributed by atoms with Crippen LogP contribution < -0.4 is 5.73 Å². The number of hydrogen-bond donors (Lipinski definition) is 1. The first kappa shape index (κ1) is 12.5. The van der Waals surface area contributed by atoms with E-state index in [0.29, 0.717) is 0 Å². The molecule has 2 rings (SSSR count). The summed E-state index contributed by atoms with van der Waals surface area (Å²) in [6.45, 7) is 1.92. The minimum absolute atomic E-state index is 0.0279. The number of nitrogens with zero attached hydrogens (tertiary/aromatic N) is 2. The summed E-state index contributed by atoms with van der Waals surface area (Å²) in [7, 11) is 0. The molecular formula is C12H12BrN3S. The Balaban J connectivity index is 2.11. The molecule has 2 N–H and O–H groups in total. The van der Waals surface area contributed by atoms with Crippen LogP contribution >= 0.6 is 27.7 Å². The topological polar surface area (TPSA) is 51.8 Å². The highest BCUT2D eigenvalue weighted by Crippen LogP contribution is 2.26. The van der Waals surface area contributed by atoms with Gasteiger partial charge < -0.3 is 5.73 Å². The molecule has 0 bridgehead atoms. The number of halogens is 1. The average molecular weight is 310 g/mol. The van der Waals surface area contributed by atoms with Crippen molar-refractivity contribution in [3.63, 3.8) is 0 Å². The van der Waals surface area contributed by atoms with Crippen molar-refractivity contribution < 1.29 is 0 Å². The van der Waals surface area contributed by atoms with E-state index in [-0.39, 0.29) is 6.04 Å². The summed E-state index contributed by atoms with van der Waals surface area (Å²) >= 11 is 4.94. The Bertz CT molecular complexity index is 482. The summed E-state index contributed by atoms with van der Waals surface area (Å²) in [5, 5.41) is 0.948. The molecule has 0 spiro atoms. The second-order valence-corrected chi connectivity index (χ2v) is 5.63. The van der Waals surface area contributed by atoms with Gasteiger partial charge in [0.25, 0.3) is 0 Å². The normalized spacial score (nSPS) is 12.4. The fraction of sp³-hybridized carbons (Fsp3) is 0.167. The monoisotopic (exact) mass is 309 g/mol. The molecule has 0 aliphatic rings. The van der Waals surface area contributed by atoms with E-state index in [2.05, 4.69) is 25.9 Å². The third-order valence-electron chi connectivity index (χ3n) is 2.15. The van der Waals surface area contributed by atoms with Crippen LogP contribution in [0.5, 0.6) is 0 Å². The average Bonchev–Trinajstić information content (AvgIpc) is 2.33. The van der Waals surface area contributed by atoms with E-state index in [0.717, 1.165) is 20.1 Å². The summed E-state index contributed by atoms with van der Waals surface area (Å²) in [5.41, 5.74) is 6.65. The van der Waals surface area contributed by atoms with Crippen LogP contribution in [0.4, 0.5) is 0 Å². The largest absolute Gasteiger partial charge is 0.323 e. The predicted molar refractivity (Wildman–Crippen MR) is 72.9 cm³/mol. The van der Waals surface area contributed by atoms with Crippen molar-refractivity contribution in [2.45, 2.75) is 22.9 Å². The van der Waals surface area contributed by atoms with Gasteiger partial charge in [0, 0.05) is 27.8 Å². The molecule has 1 atom stereocenters. The number of rotatable bonds is 3. The smallest absolute Gasteiger partial charge is 0.101 e. The van der Waals surface area contributed by atoms with Crippen LogP contribution in [0.2, 0.25) is 0 Å². The Morgan fingerprint density at radius 1 is 1.18 bits per heavy atom. The molecule has 88 valence electrons. The van der Waals surface area contributed by atoms with Crippen molar-refractivity contribution in [1.29, 1.82) is 0 Å².